The molecule has 2 aromatic heterocycles. The maximum Gasteiger partial charge on any atom is 0.407 e. The normalized spacial score (nSPS) is 10.4. The van der Waals surface area contributed by atoms with Gasteiger partial charge in [-0.05, 0) is 66.1 Å². The number of aromatic nitrogens is 4. The largest absolute Gasteiger partial charge is 0.488 e. The second-order valence-electron chi connectivity index (χ2n) is 14.3. The van der Waals surface area contributed by atoms with Gasteiger partial charge in [0.15, 0.2) is 0 Å². The smallest absolute Gasteiger partial charge is 0.407 e. The van der Waals surface area contributed by atoms with Crippen molar-refractivity contribution in [1.29, 1.82) is 0 Å². The Bertz CT molecular complexity index is 2360. The fraction of sp³-hybridized carbons (Fsp3) is 0.385. The van der Waals surface area contributed by atoms with Crippen LogP contribution >= 0.6 is 0 Å². The average molecular weight is 917 g/mol. The number of nitrogens with zero attached hydrogens (tertiary/aromatic N) is 4. The van der Waals surface area contributed by atoms with Crippen molar-refractivity contribution in [3.8, 4) is 79.5 Å². The number of carbonyl (C=O) groups excluding carboxylic acids is 4. The van der Waals surface area contributed by atoms with Crippen LogP contribution in [-0.2, 0) is 38.8 Å². The number of hydrogen-bond acceptors (Lipinski definition) is 9. The molecule has 0 radical (unpaired) electrons. The van der Waals surface area contributed by atoms with Crippen LogP contribution in [0.25, 0.3) is 44.2 Å². The van der Waals surface area contributed by atoms with Gasteiger partial charge in [-0.1, -0.05) is 72.6 Å². The zero-order valence-corrected chi connectivity index (χ0v) is 40.5. The number of alkyl carbamates (subject to hydrolysis) is 2. The van der Waals surface area contributed by atoms with E-state index in [-0.39, 0.29) is 44.0 Å². The van der Waals surface area contributed by atoms with Gasteiger partial charge >= 0.3 is 12.2 Å². The molecule has 5 aromatic rings. The summed E-state index contributed by atoms with van der Waals surface area (Å²) in [6.07, 6.45) is 36.4. The Labute approximate surface area is 397 Å². The molecule has 4 amide bonds. The van der Waals surface area contributed by atoms with Crippen molar-refractivity contribution < 1.29 is 33.4 Å². The van der Waals surface area contributed by atoms with Crippen LogP contribution in [0.4, 0.5) is 9.59 Å². The number of methoxy groups -OCH3 is 2. The van der Waals surface area contributed by atoms with Crippen LogP contribution in [-0.4, -0.2) is 93.6 Å². The number of fused-ring (bicyclic) bond motifs is 6. The number of hydrogen-bond donors (Lipinski definition) is 4. The van der Waals surface area contributed by atoms with Crippen LogP contribution in [0.2, 0.25) is 0 Å². The highest BCUT2D eigenvalue weighted by atomic mass is 16.5. The van der Waals surface area contributed by atoms with E-state index in [9.17, 15) is 19.2 Å². The van der Waals surface area contributed by atoms with Crippen molar-refractivity contribution in [2.45, 2.75) is 99.9 Å². The summed E-state index contributed by atoms with van der Waals surface area (Å²) in [5.41, 5.74) is 6.45. The minimum Gasteiger partial charge on any atom is -0.488 e. The summed E-state index contributed by atoms with van der Waals surface area (Å²) in [6, 6.07) is 14.3. The molecule has 15 heteroatoms. The molecule has 1 atom stereocenters. The van der Waals surface area contributed by atoms with Crippen molar-refractivity contribution in [1.82, 2.24) is 40.4 Å². The number of carbonyl (C=O) groups is 4. The summed E-state index contributed by atoms with van der Waals surface area (Å²) in [7, 11) is 2.51. The fourth-order valence-electron chi connectivity index (χ4n) is 6.44. The number of ether oxygens (including phenoxy) is 3. The zero-order chi connectivity index (χ0) is 51.1. The minimum absolute atomic E-state index is 0.0614. The molecule has 358 valence electrons. The van der Waals surface area contributed by atoms with Crippen LogP contribution in [0.15, 0.2) is 48.7 Å². The van der Waals surface area contributed by atoms with Crippen molar-refractivity contribution in [3.05, 3.63) is 65.9 Å². The zero-order valence-electron chi connectivity index (χ0n) is 40.5. The first-order chi connectivity index (χ1) is 32.4. The average Bonchev–Trinajstić information content (AvgIpc) is 4.03. The predicted octanol–water partition coefficient (Wildman–Crippen LogP) is 9.07. The van der Waals surface area contributed by atoms with E-state index >= 15 is 0 Å². The van der Waals surface area contributed by atoms with E-state index in [0.717, 1.165) is 68.3 Å². The number of nitrogens with one attached hydrogen (secondary N) is 4. The van der Waals surface area contributed by atoms with Crippen LogP contribution in [0.5, 0.6) is 5.75 Å². The van der Waals surface area contributed by atoms with Crippen molar-refractivity contribution in [2.24, 2.45) is 0 Å². The number of aromatic amines is 2. The summed E-state index contributed by atoms with van der Waals surface area (Å²) in [4.78, 5) is 68.3. The van der Waals surface area contributed by atoms with Gasteiger partial charge in [0.2, 0.25) is 11.8 Å². The summed E-state index contributed by atoms with van der Waals surface area (Å²) in [5.74, 6) is 1.56. The van der Waals surface area contributed by atoms with Crippen LogP contribution in [0, 0.1) is 51.4 Å². The lowest BCUT2D eigenvalue weighted by Crippen LogP contribution is -2.44. The SMILES string of the molecule is C#C.C#C.C#C.C#C.CCC.CCC.CCCN(Cc1nc2c(ccc3cc4c(cc32)OCc2cc(-c3cnc(CN(C(=O)CNC(=O)OC)[C@@H](C)CC)[nH]3)ccc2-4)[nH]1)C(=O)CNC(=O)OC. The lowest BCUT2D eigenvalue weighted by Gasteiger charge is -2.28. The topological polar surface area (TPSA) is 184 Å². The third kappa shape index (κ3) is 17.2. The molecule has 3 heterocycles. The molecule has 1 aliphatic rings. The fourth-order valence-corrected chi connectivity index (χ4v) is 6.44. The van der Waals surface area contributed by atoms with Gasteiger partial charge in [-0.3, -0.25) is 9.59 Å². The molecule has 1 aliphatic heterocycles. The van der Waals surface area contributed by atoms with Crippen LogP contribution < -0.4 is 15.4 Å². The lowest BCUT2D eigenvalue weighted by molar-refractivity contribution is -0.133. The van der Waals surface area contributed by atoms with Gasteiger partial charge in [0, 0.05) is 23.5 Å². The first-order valence-corrected chi connectivity index (χ1v) is 21.7. The van der Waals surface area contributed by atoms with Gasteiger partial charge in [-0.2, -0.15) is 0 Å². The van der Waals surface area contributed by atoms with Crippen molar-refractivity contribution in [2.75, 3.05) is 33.9 Å². The van der Waals surface area contributed by atoms with Gasteiger partial charge < -0.3 is 44.6 Å². The van der Waals surface area contributed by atoms with Gasteiger partial charge in [0.25, 0.3) is 0 Å². The Hall–Kier alpha value is -7.88. The third-order valence-electron chi connectivity index (χ3n) is 9.42. The van der Waals surface area contributed by atoms with Crippen LogP contribution in [0.3, 0.4) is 0 Å². The molecule has 0 unspecified atom stereocenters. The van der Waals surface area contributed by atoms with E-state index in [1.807, 2.05) is 45.0 Å². The number of benzene rings is 3. The molecule has 0 fully saturated rings. The number of amides is 4. The Morgan fingerprint density at radius 1 is 0.761 bits per heavy atom. The Kier molecular flexibility index (Phi) is 28.9. The highest BCUT2D eigenvalue weighted by Crippen LogP contribution is 2.42. The summed E-state index contributed by atoms with van der Waals surface area (Å²) in [6.45, 7) is 15.5. The minimum atomic E-state index is -0.659. The van der Waals surface area contributed by atoms with E-state index < -0.39 is 12.2 Å². The van der Waals surface area contributed by atoms with E-state index in [2.05, 4.69) is 132 Å². The number of rotatable bonds is 13. The summed E-state index contributed by atoms with van der Waals surface area (Å²) < 4.78 is 15.5. The van der Waals surface area contributed by atoms with Crippen molar-refractivity contribution >= 4 is 45.8 Å². The molecule has 6 rings (SSSR count). The highest BCUT2D eigenvalue weighted by Gasteiger charge is 2.24. The Morgan fingerprint density at radius 3 is 1.93 bits per heavy atom. The van der Waals surface area contributed by atoms with Gasteiger partial charge in [0.05, 0.1) is 50.2 Å². The van der Waals surface area contributed by atoms with Crippen LogP contribution in [0.1, 0.15) is 91.4 Å². The number of terminal acetylenes is 4. The third-order valence-corrected chi connectivity index (χ3v) is 9.42. The number of imidazole rings is 2. The molecule has 15 nitrogen and oxygen atoms in total. The molecule has 0 aliphatic carbocycles. The Morgan fingerprint density at radius 2 is 1.36 bits per heavy atom. The first-order valence-electron chi connectivity index (χ1n) is 21.7. The van der Waals surface area contributed by atoms with E-state index in [1.165, 1.54) is 27.1 Å². The second kappa shape index (κ2) is 32.7. The summed E-state index contributed by atoms with van der Waals surface area (Å²) >= 11 is 0. The first kappa shape index (κ1) is 59.1. The second-order valence-corrected chi connectivity index (χ2v) is 14.3. The van der Waals surface area contributed by atoms with Gasteiger partial charge in [0.1, 0.15) is 37.1 Å². The molecule has 4 N–H and O–H groups in total. The van der Waals surface area contributed by atoms with E-state index in [1.54, 1.807) is 16.0 Å². The molecule has 67 heavy (non-hydrogen) atoms. The molecule has 3 aromatic carbocycles. The molecule has 0 bridgehead atoms. The number of H-pyrrole nitrogens is 2. The molecule has 0 spiro atoms. The standard InChI is InChI=1S/C38H44N8O7.2C3H8.4C2H2/c1-6-12-45(34(47)17-40-37(49)51-4)19-33-42-29-11-9-23-14-28-26-10-8-24(13-25(26)21-53-31(28)15-27(23)36(29)44-33)30-16-39-32(43-30)20-46(22(3)7-2)35(48)18-41-38(50)52-5;2*1-3-2;4*1-2/h8-11,13-16,22H,6-7,12,17-21H2,1-5H3,(H,39,43)(H,40,49)(H,41,50)(H,42,44);2*3H2,1-2H3;4*1-2H/t22-;;;;;;/m0....../s1. The maximum atomic E-state index is 13.0. The van der Waals surface area contributed by atoms with Crippen molar-refractivity contribution in [3.63, 3.8) is 0 Å². The summed E-state index contributed by atoms with van der Waals surface area (Å²) in [5, 5.41) is 6.84. The molecular weight excluding hydrogens is 849 g/mol. The monoisotopic (exact) mass is 917 g/mol. The molecule has 0 saturated carbocycles. The highest BCUT2D eigenvalue weighted by molar-refractivity contribution is 6.07. The maximum absolute atomic E-state index is 13.0. The van der Waals surface area contributed by atoms with Gasteiger partial charge in [-0.25, -0.2) is 19.6 Å². The van der Waals surface area contributed by atoms with Gasteiger partial charge in [-0.15, -0.1) is 51.4 Å². The quantitative estimate of drug-likeness (QED) is 0.0837. The lowest BCUT2D eigenvalue weighted by atomic mass is 9.92. The molecular formula is C52H68N8O7. The van der Waals surface area contributed by atoms with E-state index in [0.29, 0.717) is 24.8 Å². The predicted molar refractivity (Wildman–Crippen MR) is 269 cm³/mol. The van der Waals surface area contributed by atoms with E-state index in [4.69, 9.17) is 9.72 Å². The Balaban J connectivity index is 0.00000282. The molecule has 0 saturated heterocycles.